The van der Waals surface area contributed by atoms with Crippen LogP contribution in [0.5, 0.6) is 0 Å². The van der Waals surface area contributed by atoms with E-state index in [0.717, 1.165) is 10.9 Å². The van der Waals surface area contributed by atoms with E-state index in [9.17, 15) is 4.79 Å². The molecule has 0 bridgehead atoms. The SMILES string of the molecule is O=c1oc2ccccc2cc1-c1nnc(N=Cc2cccc(Cl)c2)o1. The highest BCUT2D eigenvalue weighted by Crippen LogP contribution is 2.22. The van der Waals surface area contributed by atoms with Crippen LogP contribution in [0.1, 0.15) is 5.56 Å². The van der Waals surface area contributed by atoms with Gasteiger partial charge in [-0.15, -0.1) is 5.10 Å². The summed E-state index contributed by atoms with van der Waals surface area (Å²) in [6.45, 7) is 0. The van der Waals surface area contributed by atoms with Gasteiger partial charge in [-0.2, -0.15) is 0 Å². The fourth-order valence-electron chi connectivity index (χ4n) is 2.30. The fourth-order valence-corrected chi connectivity index (χ4v) is 2.50. The highest BCUT2D eigenvalue weighted by molar-refractivity contribution is 6.30. The van der Waals surface area contributed by atoms with Crippen LogP contribution >= 0.6 is 11.6 Å². The van der Waals surface area contributed by atoms with Gasteiger partial charge in [-0.3, -0.25) is 0 Å². The lowest BCUT2D eigenvalue weighted by molar-refractivity contribution is 0.546. The minimum atomic E-state index is -0.548. The molecule has 6 nitrogen and oxygen atoms in total. The summed E-state index contributed by atoms with van der Waals surface area (Å²) in [5.74, 6) is 0.0535. The van der Waals surface area contributed by atoms with Gasteiger partial charge in [-0.05, 0) is 29.8 Å². The topological polar surface area (TPSA) is 81.5 Å². The van der Waals surface area contributed by atoms with E-state index in [2.05, 4.69) is 15.2 Å². The first-order valence-corrected chi connectivity index (χ1v) is 7.73. The van der Waals surface area contributed by atoms with Crippen molar-refractivity contribution in [1.82, 2.24) is 10.2 Å². The van der Waals surface area contributed by atoms with Crippen LogP contribution < -0.4 is 5.63 Å². The second kappa shape index (κ2) is 6.33. The van der Waals surface area contributed by atoms with E-state index >= 15 is 0 Å². The molecule has 4 rings (SSSR count). The predicted octanol–water partition coefficient (Wildman–Crippen LogP) is 4.25. The third kappa shape index (κ3) is 3.20. The van der Waals surface area contributed by atoms with Gasteiger partial charge in [0.2, 0.25) is 0 Å². The quantitative estimate of drug-likeness (QED) is 0.407. The van der Waals surface area contributed by atoms with Crippen molar-refractivity contribution >= 4 is 34.8 Å². The number of hydrogen-bond donors (Lipinski definition) is 0. The van der Waals surface area contributed by atoms with Crippen LogP contribution in [0.15, 0.2) is 73.2 Å². The van der Waals surface area contributed by atoms with Crippen LogP contribution in [0.2, 0.25) is 5.02 Å². The van der Waals surface area contributed by atoms with Crippen LogP contribution in [0.4, 0.5) is 6.01 Å². The molecule has 0 unspecified atom stereocenters. The zero-order valence-corrected chi connectivity index (χ0v) is 13.5. The summed E-state index contributed by atoms with van der Waals surface area (Å²) in [4.78, 5) is 16.2. The van der Waals surface area contributed by atoms with Gasteiger partial charge in [-0.1, -0.05) is 47.0 Å². The normalized spacial score (nSPS) is 11.4. The molecular weight excluding hydrogens is 342 g/mol. The Morgan fingerprint density at radius 1 is 1.00 bits per heavy atom. The minimum absolute atomic E-state index is 0.0301. The monoisotopic (exact) mass is 351 g/mol. The summed E-state index contributed by atoms with van der Waals surface area (Å²) in [6.07, 6.45) is 1.55. The number of nitrogens with zero attached hydrogens (tertiary/aromatic N) is 3. The Morgan fingerprint density at radius 2 is 1.88 bits per heavy atom. The van der Waals surface area contributed by atoms with Crippen molar-refractivity contribution in [2.75, 3.05) is 0 Å². The molecule has 25 heavy (non-hydrogen) atoms. The molecular formula is C18H10ClN3O3. The van der Waals surface area contributed by atoms with Crippen molar-refractivity contribution in [3.8, 4) is 11.5 Å². The van der Waals surface area contributed by atoms with Gasteiger partial charge >= 0.3 is 11.6 Å². The average Bonchev–Trinajstić information content (AvgIpc) is 3.08. The minimum Gasteiger partial charge on any atom is -0.422 e. The molecule has 0 spiro atoms. The highest BCUT2D eigenvalue weighted by Gasteiger charge is 2.14. The highest BCUT2D eigenvalue weighted by atomic mass is 35.5. The third-order valence-corrected chi connectivity index (χ3v) is 3.69. The molecule has 0 saturated heterocycles. The van der Waals surface area contributed by atoms with Crippen LogP contribution in [-0.4, -0.2) is 16.4 Å². The Kier molecular flexibility index (Phi) is 3.87. The molecule has 0 N–H and O–H groups in total. The molecule has 0 amide bonds. The maximum Gasteiger partial charge on any atom is 0.349 e. The van der Waals surface area contributed by atoms with Crippen LogP contribution in [0, 0.1) is 0 Å². The average molecular weight is 352 g/mol. The molecule has 7 heteroatoms. The second-order valence-corrected chi connectivity index (χ2v) is 5.62. The first-order chi connectivity index (χ1) is 12.2. The molecule has 0 aliphatic rings. The largest absolute Gasteiger partial charge is 0.422 e. The van der Waals surface area contributed by atoms with Gasteiger partial charge in [0.25, 0.3) is 5.89 Å². The Bertz CT molecular complexity index is 1150. The summed E-state index contributed by atoms with van der Waals surface area (Å²) in [7, 11) is 0. The standard InChI is InChI=1S/C18H10ClN3O3/c19-13-6-3-4-11(8-13)10-20-18-22-21-16(25-18)14-9-12-5-1-2-7-15(12)24-17(14)23/h1-10H. The summed E-state index contributed by atoms with van der Waals surface area (Å²) in [5.41, 5.74) is 0.926. The Labute approximate surface area is 146 Å². The third-order valence-electron chi connectivity index (χ3n) is 3.46. The number of aliphatic imine (C=N–C) groups is 1. The van der Waals surface area contributed by atoms with E-state index in [-0.39, 0.29) is 17.5 Å². The number of fused-ring (bicyclic) bond motifs is 1. The molecule has 2 aromatic heterocycles. The number of para-hydroxylation sites is 1. The molecule has 122 valence electrons. The first kappa shape index (κ1) is 15.3. The Hall–Kier alpha value is -3.25. The molecule has 0 aliphatic heterocycles. The van der Waals surface area contributed by atoms with Crippen LogP contribution in [0.3, 0.4) is 0 Å². The number of hydrogen-bond acceptors (Lipinski definition) is 6. The molecule has 2 aromatic carbocycles. The van der Waals surface area contributed by atoms with Gasteiger partial charge in [0.15, 0.2) is 0 Å². The number of rotatable bonds is 3. The van der Waals surface area contributed by atoms with Gasteiger partial charge < -0.3 is 8.83 Å². The molecule has 2 heterocycles. The second-order valence-electron chi connectivity index (χ2n) is 5.19. The molecule has 0 atom stereocenters. The zero-order chi connectivity index (χ0) is 17.2. The summed E-state index contributed by atoms with van der Waals surface area (Å²) >= 11 is 5.92. The summed E-state index contributed by atoms with van der Waals surface area (Å²) in [5, 5.41) is 9.05. The van der Waals surface area contributed by atoms with Gasteiger partial charge in [0.1, 0.15) is 11.1 Å². The lowest BCUT2D eigenvalue weighted by Gasteiger charge is -1.97. The van der Waals surface area contributed by atoms with Crippen molar-refractivity contribution in [3.05, 3.63) is 75.6 Å². The first-order valence-electron chi connectivity index (χ1n) is 7.35. The van der Waals surface area contributed by atoms with E-state index in [1.807, 2.05) is 24.3 Å². The van der Waals surface area contributed by atoms with Crippen LogP contribution in [-0.2, 0) is 0 Å². The summed E-state index contributed by atoms with van der Waals surface area (Å²) in [6, 6.07) is 16.0. The number of aromatic nitrogens is 2. The molecule has 0 saturated carbocycles. The Balaban J connectivity index is 1.67. The van der Waals surface area contributed by atoms with E-state index in [4.69, 9.17) is 20.4 Å². The lowest BCUT2D eigenvalue weighted by Crippen LogP contribution is -2.02. The van der Waals surface area contributed by atoms with Crippen molar-refractivity contribution in [2.24, 2.45) is 4.99 Å². The van der Waals surface area contributed by atoms with E-state index in [1.54, 1.807) is 36.5 Å². The zero-order valence-electron chi connectivity index (χ0n) is 12.7. The van der Waals surface area contributed by atoms with Gasteiger partial charge in [-0.25, -0.2) is 9.79 Å². The van der Waals surface area contributed by atoms with Crippen molar-refractivity contribution in [1.29, 1.82) is 0 Å². The fraction of sp³-hybridized carbons (Fsp3) is 0. The smallest absolute Gasteiger partial charge is 0.349 e. The molecule has 0 radical (unpaired) electrons. The maximum absolute atomic E-state index is 12.1. The van der Waals surface area contributed by atoms with E-state index in [1.165, 1.54) is 0 Å². The summed E-state index contributed by atoms with van der Waals surface area (Å²) < 4.78 is 10.7. The number of benzene rings is 2. The lowest BCUT2D eigenvalue weighted by atomic mass is 10.2. The molecule has 4 aromatic rings. The number of halogens is 1. The van der Waals surface area contributed by atoms with Gasteiger partial charge in [0.05, 0.1) is 0 Å². The molecule has 0 aliphatic carbocycles. The Morgan fingerprint density at radius 3 is 2.76 bits per heavy atom. The van der Waals surface area contributed by atoms with Crippen molar-refractivity contribution in [2.45, 2.75) is 0 Å². The maximum atomic E-state index is 12.1. The van der Waals surface area contributed by atoms with Crippen LogP contribution in [0.25, 0.3) is 22.4 Å². The van der Waals surface area contributed by atoms with E-state index in [0.29, 0.717) is 10.6 Å². The van der Waals surface area contributed by atoms with E-state index < -0.39 is 5.63 Å². The predicted molar refractivity (Wildman–Crippen MR) is 94.5 cm³/mol. The molecule has 0 fully saturated rings. The van der Waals surface area contributed by atoms with Crippen molar-refractivity contribution < 1.29 is 8.83 Å². The van der Waals surface area contributed by atoms with Crippen molar-refractivity contribution in [3.63, 3.8) is 0 Å². The van der Waals surface area contributed by atoms with Gasteiger partial charge in [0, 0.05) is 16.6 Å².